The van der Waals surface area contributed by atoms with Crippen molar-refractivity contribution in [2.45, 2.75) is 23.0 Å². The summed E-state index contributed by atoms with van der Waals surface area (Å²) in [5, 5.41) is 106. The van der Waals surface area contributed by atoms with Crippen LogP contribution in [0.1, 0.15) is 45.2 Å². The first-order valence-corrected chi connectivity index (χ1v) is 23.2. The van der Waals surface area contributed by atoms with Crippen molar-refractivity contribution in [3.8, 4) is 0 Å². The third-order valence-corrected chi connectivity index (χ3v) is 23.7. The Hall–Kier alpha value is -7.36. The highest BCUT2D eigenvalue weighted by atomic mass is 16.3. The summed E-state index contributed by atoms with van der Waals surface area (Å²) in [5.74, 6) is -0.466. The number of hydrogen-bond donors (Lipinski definition) is 2. The van der Waals surface area contributed by atoms with E-state index in [-0.39, 0.29) is 11.8 Å². The van der Waals surface area contributed by atoms with E-state index in [1.54, 1.807) is 113 Å². The van der Waals surface area contributed by atoms with Crippen LogP contribution in [0.15, 0.2) is 0 Å². The molecule has 0 heterocycles. The molecular formula is C60H4O2. The van der Waals surface area contributed by atoms with Gasteiger partial charge in [-0.1, -0.05) is 0 Å². The van der Waals surface area contributed by atoms with Crippen molar-refractivity contribution in [1.82, 2.24) is 0 Å². The molecule has 2 nitrogen and oxygen atoms in total. The van der Waals surface area contributed by atoms with Crippen molar-refractivity contribution < 1.29 is 10.2 Å². The maximum atomic E-state index is 15.1. The largest absolute Gasteiger partial charge is 0.380 e. The zero-order chi connectivity index (χ0) is 36.5. The Bertz CT molecular complexity index is 6500. The Morgan fingerprint density at radius 2 is 0.306 bits per heavy atom. The van der Waals surface area contributed by atoms with Crippen LogP contribution in [0.3, 0.4) is 0 Å². The van der Waals surface area contributed by atoms with E-state index in [1.165, 1.54) is 178 Å². The molecule has 0 saturated carbocycles. The summed E-state index contributed by atoms with van der Waals surface area (Å²) in [6.45, 7) is 0. The maximum absolute atomic E-state index is 15.1. The van der Waals surface area contributed by atoms with Crippen LogP contribution in [0, 0.1) is 0 Å². The molecule has 62 heavy (non-hydrogen) atoms. The Kier molecular flexibility index (Phi) is 1.65. The first kappa shape index (κ1) is 21.9. The van der Waals surface area contributed by atoms with Crippen LogP contribution in [-0.4, -0.2) is 10.2 Å². The lowest BCUT2D eigenvalue weighted by Gasteiger charge is -2.52. The van der Waals surface area contributed by atoms with Gasteiger partial charge in [0.25, 0.3) is 0 Å². The maximum Gasteiger partial charge on any atom is 0.124 e. The quantitative estimate of drug-likeness (QED) is 0.151. The zero-order valence-corrected chi connectivity index (χ0v) is 31.0. The first-order chi connectivity index (χ1) is 30.7. The SMILES string of the molecule is OC12c3c4c5c6c7c8c9c%10c%11c(c%12c%13c1c1c3c3c5c5c%14c6c6c8c8c9c9c%11c%11c%12c%12c%13c%13c1c1c3c5c3c5c1c%13c1c%12c%12c%11c9c9c8c8c6c%14c3c3c8c9c%12c1c53)C2C%10C47O. The molecule has 32 rings (SSSR count). The van der Waals surface area contributed by atoms with E-state index in [1.807, 2.05) is 0 Å². The van der Waals surface area contributed by atoms with Gasteiger partial charge in [-0.15, -0.1) is 0 Å². The van der Waals surface area contributed by atoms with Crippen LogP contribution in [0.25, 0.3) is 269 Å². The second-order valence-corrected chi connectivity index (χ2v) is 23.6. The Morgan fingerprint density at radius 1 is 0.161 bits per heavy atom. The molecule has 6 aliphatic rings. The minimum atomic E-state index is -1.22. The molecular weight excluding hydrogens is 753 g/mol. The molecule has 0 fully saturated rings. The van der Waals surface area contributed by atoms with Crippen LogP contribution >= 0.6 is 0 Å². The molecule has 26 aromatic rings. The first-order valence-electron chi connectivity index (χ1n) is 23.2. The van der Waals surface area contributed by atoms with Gasteiger partial charge in [0.1, 0.15) is 11.2 Å². The second kappa shape index (κ2) is 4.66. The molecule has 0 bridgehead atoms. The molecule has 256 valence electrons. The predicted molar refractivity (Wildman–Crippen MR) is 255 cm³/mol. The summed E-state index contributed by atoms with van der Waals surface area (Å²) in [6.07, 6.45) is 0. The average Bonchev–Trinajstić information content (AvgIpc) is 4.12. The summed E-state index contributed by atoms with van der Waals surface area (Å²) in [6, 6.07) is 0. The van der Waals surface area contributed by atoms with Crippen LogP contribution in [0.2, 0.25) is 0 Å². The lowest BCUT2D eigenvalue weighted by molar-refractivity contribution is -0.0366. The van der Waals surface area contributed by atoms with Crippen molar-refractivity contribution in [3.63, 3.8) is 0 Å². The number of rotatable bonds is 0. The van der Waals surface area contributed by atoms with Crippen LogP contribution in [0.5, 0.6) is 0 Å². The van der Waals surface area contributed by atoms with Gasteiger partial charge in [0.2, 0.25) is 0 Å². The van der Waals surface area contributed by atoms with Crippen molar-refractivity contribution in [1.29, 1.82) is 0 Å². The van der Waals surface area contributed by atoms with Crippen molar-refractivity contribution in [3.05, 3.63) is 33.4 Å². The number of aliphatic hydroxyl groups is 2. The predicted octanol–water partition coefficient (Wildman–Crippen LogP) is 14.8. The van der Waals surface area contributed by atoms with E-state index < -0.39 is 11.2 Å². The van der Waals surface area contributed by atoms with Gasteiger partial charge in [0, 0.05) is 34.1 Å². The normalized spacial score (nSPS) is 26.0. The molecule has 4 atom stereocenters. The van der Waals surface area contributed by atoms with Gasteiger partial charge >= 0.3 is 0 Å². The summed E-state index contributed by atoms with van der Waals surface area (Å²) in [4.78, 5) is 0. The van der Waals surface area contributed by atoms with E-state index in [9.17, 15) is 0 Å². The second-order valence-electron chi connectivity index (χ2n) is 23.6. The monoisotopic (exact) mass is 756 g/mol. The highest BCUT2D eigenvalue weighted by Gasteiger charge is 2.72. The van der Waals surface area contributed by atoms with Gasteiger partial charge in [-0.2, -0.15) is 0 Å². The lowest BCUT2D eigenvalue weighted by atomic mass is 9.54. The van der Waals surface area contributed by atoms with Gasteiger partial charge in [-0.25, -0.2) is 0 Å². The van der Waals surface area contributed by atoms with Gasteiger partial charge in [-0.3, -0.25) is 0 Å². The molecule has 0 spiro atoms. The number of hydrogen-bond acceptors (Lipinski definition) is 2. The molecule has 0 aliphatic heterocycles. The number of benzene rings is 17. The summed E-state index contributed by atoms with van der Waals surface area (Å²) in [5.41, 5.74) is 5.13. The van der Waals surface area contributed by atoms with Crippen molar-refractivity contribution in [2.24, 2.45) is 0 Å². The van der Waals surface area contributed by atoms with Crippen LogP contribution in [0.4, 0.5) is 0 Å². The molecule has 0 radical (unpaired) electrons. The van der Waals surface area contributed by atoms with Gasteiger partial charge in [-0.05, 0) is 280 Å². The molecule has 26 aromatic carbocycles. The highest BCUT2D eigenvalue weighted by Crippen LogP contribution is 2.86. The van der Waals surface area contributed by atoms with Crippen LogP contribution in [-0.2, 0) is 11.2 Å². The smallest absolute Gasteiger partial charge is 0.124 e. The van der Waals surface area contributed by atoms with E-state index in [0.717, 1.165) is 11.1 Å². The summed E-state index contributed by atoms with van der Waals surface area (Å²) >= 11 is 0. The zero-order valence-electron chi connectivity index (χ0n) is 31.0. The molecule has 0 saturated heterocycles. The van der Waals surface area contributed by atoms with E-state index in [0.29, 0.717) is 0 Å². The molecule has 0 aromatic heterocycles. The average molecular weight is 757 g/mol. The topological polar surface area (TPSA) is 40.5 Å². The third kappa shape index (κ3) is 1.06. The summed E-state index contributed by atoms with van der Waals surface area (Å²) < 4.78 is 0. The highest BCUT2D eigenvalue weighted by molar-refractivity contribution is 6.80. The minimum absolute atomic E-state index is 0.233. The van der Waals surface area contributed by atoms with Crippen molar-refractivity contribution in [2.75, 3.05) is 0 Å². The molecule has 6 aliphatic carbocycles. The van der Waals surface area contributed by atoms with E-state index in [4.69, 9.17) is 0 Å². The van der Waals surface area contributed by atoms with Crippen molar-refractivity contribution >= 4 is 269 Å². The molecule has 0 amide bonds. The Labute approximate surface area is 334 Å². The third-order valence-electron chi connectivity index (χ3n) is 23.7. The van der Waals surface area contributed by atoms with E-state index in [2.05, 4.69) is 0 Å². The fourth-order valence-corrected chi connectivity index (χ4v) is 23.8. The van der Waals surface area contributed by atoms with E-state index >= 15 is 10.2 Å². The fourth-order valence-electron chi connectivity index (χ4n) is 23.8. The van der Waals surface area contributed by atoms with Gasteiger partial charge < -0.3 is 10.2 Å². The van der Waals surface area contributed by atoms with Crippen LogP contribution < -0.4 is 0 Å². The molecule has 2 heteroatoms. The fraction of sp³-hybridized carbons (Fsp3) is 0.0667. The standard InChI is InChI=1S/C60H4O2/c61-59-53-45-36-29-16-9-3-4-6-2-1-5(3)14(16)20-18-7(1)11-8(2)19-21-15(6)17-10(4)13-12(9)23-31-24(13)33-30(17)37-35(21)39-26(19)28-22(11)27-25(18)38(34(20)36)49(53)51-40(27)41(28)52-50(39)54-46(37)43(33)48-44(31)47(42(45)32(23)29)55(59)56(48)60(54,62)58(52)57(51)59/h55-56,61-62H. The molecule has 4 unspecified atom stereocenters. The Morgan fingerprint density at radius 3 is 0.532 bits per heavy atom. The minimum Gasteiger partial charge on any atom is -0.380 e. The Balaban J connectivity index is 1.31. The molecule has 2 N–H and O–H groups in total. The van der Waals surface area contributed by atoms with Gasteiger partial charge in [0.05, 0.1) is 0 Å². The lowest BCUT2D eigenvalue weighted by Crippen LogP contribution is -2.50. The summed E-state index contributed by atoms with van der Waals surface area (Å²) in [7, 11) is 0. The van der Waals surface area contributed by atoms with Gasteiger partial charge in [0.15, 0.2) is 0 Å².